The Bertz CT molecular complexity index is 1680. The molecule has 7 rings (SSSR count). The number of nitrogen functional groups attached to an aromatic ring is 2. The minimum absolute atomic E-state index is 0.569. The van der Waals surface area contributed by atoms with Crippen LogP contribution in [0.4, 0.5) is 23.3 Å². The molecule has 0 radical (unpaired) electrons. The molecule has 0 amide bonds. The van der Waals surface area contributed by atoms with E-state index in [4.69, 9.17) is 16.5 Å². The smallest absolute Gasteiger partial charge is 0.173 e. The van der Waals surface area contributed by atoms with Gasteiger partial charge in [0, 0.05) is 44.2 Å². The van der Waals surface area contributed by atoms with E-state index in [0.717, 1.165) is 85.4 Å². The van der Waals surface area contributed by atoms with Crippen molar-refractivity contribution in [3.8, 4) is 0 Å². The highest BCUT2D eigenvalue weighted by atomic mass is 79.9. The Labute approximate surface area is 266 Å². The molecule has 5 N–H and O–H groups in total. The number of benzene rings is 1. The maximum atomic E-state index is 6.27. The molecule has 41 heavy (non-hydrogen) atoms. The molecule has 0 bridgehead atoms. The van der Waals surface area contributed by atoms with E-state index in [2.05, 4.69) is 90.2 Å². The second-order valence-electron chi connectivity index (χ2n) is 9.59. The third-order valence-corrected chi connectivity index (χ3v) is 10.0. The molecule has 2 fully saturated rings. The van der Waals surface area contributed by atoms with Gasteiger partial charge in [0.15, 0.2) is 11.3 Å². The van der Waals surface area contributed by atoms with E-state index in [9.17, 15) is 0 Å². The van der Waals surface area contributed by atoms with Crippen LogP contribution in [-0.2, 0) is 0 Å². The first kappa shape index (κ1) is 28.5. The Morgan fingerprint density at radius 1 is 0.732 bits per heavy atom. The van der Waals surface area contributed by atoms with Crippen molar-refractivity contribution in [2.75, 3.05) is 60.5 Å². The SMILES string of the molecule is Nc1c(Br)c(N2CCCC2)nc2c(Sc3ccccc3)cnn12.Nc1c(Br)c(N2CCNCC2)nc2c(Br)cnn12. The van der Waals surface area contributed by atoms with Gasteiger partial charge < -0.3 is 26.6 Å². The van der Waals surface area contributed by atoms with Crippen molar-refractivity contribution in [1.29, 1.82) is 0 Å². The third kappa shape index (κ3) is 5.74. The lowest BCUT2D eigenvalue weighted by Crippen LogP contribution is -2.44. The molecular weight excluding hydrogens is 738 g/mol. The van der Waals surface area contributed by atoms with Gasteiger partial charge in [-0.2, -0.15) is 19.2 Å². The minimum atomic E-state index is 0.569. The highest BCUT2D eigenvalue weighted by Crippen LogP contribution is 2.37. The fourth-order valence-electron chi connectivity index (χ4n) is 4.83. The number of nitrogens with one attached hydrogen (secondary N) is 1. The molecule has 1 aromatic carbocycles. The van der Waals surface area contributed by atoms with Crippen LogP contribution in [-0.4, -0.2) is 68.5 Å². The Morgan fingerprint density at radius 3 is 1.95 bits per heavy atom. The largest absolute Gasteiger partial charge is 0.383 e. The maximum absolute atomic E-state index is 6.27. The number of aromatic nitrogens is 6. The molecule has 15 heteroatoms. The normalized spacial score (nSPS) is 15.5. The summed E-state index contributed by atoms with van der Waals surface area (Å²) in [6, 6.07) is 10.2. The molecule has 0 saturated carbocycles. The number of halogens is 3. The zero-order valence-corrected chi connectivity index (χ0v) is 27.5. The standard InChI is InChI=1S/C16H16BrN5S.C10H12Br2N6/c17-13-14(18)22-15(20-16(13)21-8-4-5-9-21)12(10-19-22)23-11-6-2-1-3-7-11;11-6-5-15-18-8(13)7(12)10(16-9(6)18)17-3-1-14-2-4-17/h1-3,6-7,10H,4-5,8-9,18H2;5,14H,1-4,13H2. The molecule has 0 aliphatic carbocycles. The molecule has 0 unspecified atom stereocenters. The molecule has 5 aromatic rings. The van der Waals surface area contributed by atoms with Crippen LogP contribution in [0, 0.1) is 0 Å². The molecule has 2 saturated heterocycles. The summed E-state index contributed by atoms with van der Waals surface area (Å²) in [5.74, 6) is 2.96. The van der Waals surface area contributed by atoms with E-state index < -0.39 is 0 Å². The van der Waals surface area contributed by atoms with Crippen LogP contribution in [0.25, 0.3) is 11.3 Å². The van der Waals surface area contributed by atoms with E-state index in [-0.39, 0.29) is 0 Å². The van der Waals surface area contributed by atoms with Crippen LogP contribution in [0.5, 0.6) is 0 Å². The van der Waals surface area contributed by atoms with E-state index in [1.165, 1.54) is 12.8 Å². The highest BCUT2D eigenvalue weighted by molar-refractivity contribution is 9.11. The van der Waals surface area contributed by atoms with Gasteiger partial charge in [0.1, 0.15) is 32.2 Å². The lowest BCUT2D eigenvalue weighted by atomic mass is 10.3. The molecule has 4 aromatic heterocycles. The van der Waals surface area contributed by atoms with Crippen LogP contribution >= 0.6 is 59.6 Å². The van der Waals surface area contributed by atoms with Crippen LogP contribution in [0.3, 0.4) is 0 Å². The predicted octanol–water partition coefficient (Wildman–Crippen LogP) is 5.07. The summed E-state index contributed by atoms with van der Waals surface area (Å²) < 4.78 is 5.80. The van der Waals surface area contributed by atoms with E-state index in [1.807, 2.05) is 24.4 Å². The lowest BCUT2D eigenvalue weighted by Gasteiger charge is -2.29. The number of nitrogens with two attached hydrogens (primary N) is 2. The number of hydrogen-bond acceptors (Lipinski definition) is 10. The molecule has 0 atom stereocenters. The number of rotatable bonds is 4. The molecule has 214 valence electrons. The first-order valence-corrected chi connectivity index (χ1v) is 16.4. The van der Waals surface area contributed by atoms with Gasteiger partial charge in [0.05, 0.1) is 21.8 Å². The molecule has 0 spiro atoms. The van der Waals surface area contributed by atoms with E-state index in [1.54, 1.807) is 27.0 Å². The van der Waals surface area contributed by atoms with Gasteiger partial charge in [-0.15, -0.1) is 0 Å². The first-order valence-electron chi connectivity index (χ1n) is 13.2. The zero-order chi connectivity index (χ0) is 28.5. The van der Waals surface area contributed by atoms with Crippen LogP contribution in [0.1, 0.15) is 12.8 Å². The van der Waals surface area contributed by atoms with Crippen molar-refractivity contribution < 1.29 is 0 Å². The van der Waals surface area contributed by atoms with Crippen molar-refractivity contribution in [2.24, 2.45) is 0 Å². The fourth-order valence-corrected chi connectivity index (χ4v) is 7.06. The lowest BCUT2D eigenvalue weighted by molar-refractivity contribution is 0.584. The van der Waals surface area contributed by atoms with Crippen LogP contribution in [0.2, 0.25) is 0 Å². The molecule has 2 aliphatic rings. The van der Waals surface area contributed by atoms with Crippen LogP contribution < -0.4 is 26.6 Å². The van der Waals surface area contributed by atoms with Crippen molar-refractivity contribution in [3.05, 3.63) is 56.1 Å². The van der Waals surface area contributed by atoms with Crippen molar-refractivity contribution in [1.82, 2.24) is 34.5 Å². The van der Waals surface area contributed by atoms with Gasteiger partial charge in [0.25, 0.3) is 0 Å². The van der Waals surface area contributed by atoms with Crippen molar-refractivity contribution >= 4 is 94.1 Å². The van der Waals surface area contributed by atoms with Crippen LogP contribution in [0.15, 0.2) is 65.9 Å². The van der Waals surface area contributed by atoms with Gasteiger partial charge in [0.2, 0.25) is 0 Å². The summed E-state index contributed by atoms with van der Waals surface area (Å²) in [5.41, 5.74) is 13.9. The fraction of sp³-hybridized carbons (Fsp3) is 0.308. The second kappa shape index (κ2) is 12.3. The summed E-state index contributed by atoms with van der Waals surface area (Å²) in [6.07, 6.45) is 5.93. The average Bonchev–Trinajstić information content (AvgIpc) is 3.75. The van der Waals surface area contributed by atoms with E-state index in [0.29, 0.717) is 11.6 Å². The molecular formula is C26H28Br3N11S. The molecule has 6 heterocycles. The zero-order valence-electron chi connectivity index (χ0n) is 22.0. The number of anilines is 4. The van der Waals surface area contributed by atoms with Gasteiger partial charge >= 0.3 is 0 Å². The Morgan fingerprint density at radius 2 is 1.29 bits per heavy atom. The topological polar surface area (TPSA) is 131 Å². The second-order valence-corrected chi connectivity index (χ2v) is 13.1. The van der Waals surface area contributed by atoms with Gasteiger partial charge in [-0.1, -0.05) is 30.0 Å². The summed E-state index contributed by atoms with van der Waals surface area (Å²) in [6.45, 7) is 5.81. The minimum Gasteiger partial charge on any atom is -0.383 e. The third-order valence-electron chi connectivity index (χ3n) is 6.93. The van der Waals surface area contributed by atoms with Gasteiger partial charge in [-0.25, -0.2) is 9.97 Å². The summed E-state index contributed by atoms with van der Waals surface area (Å²) in [7, 11) is 0. The highest BCUT2D eigenvalue weighted by Gasteiger charge is 2.22. The molecule has 2 aliphatic heterocycles. The predicted molar refractivity (Wildman–Crippen MR) is 175 cm³/mol. The summed E-state index contributed by atoms with van der Waals surface area (Å²) in [4.78, 5) is 16.2. The van der Waals surface area contributed by atoms with E-state index >= 15 is 0 Å². The van der Waals surface area contributed by atoms with Gasteiger partial charge in [-0.3, -0.25) is 0 Å². The maximum Gasteiger partial charge on any atom is 0.173 e. The number of fused-ring (bicyclic) bond motifs is 2. The Kier molecular flexibility index (Phi) is 8.58. The summed E-state index contributed by atoms with van der Waals surface area (Å²) in [5, 5.41) is 11.9. The summed E-state index contributed by atoms with van der Waals surface area (Å²) >= 11 is 12.2. The number of hydrogen-bond donors (Lipinski definition) is 3. The Hall–Kier alpha value is -2.59. The number of nitrogens with zero attached hydrogens (tertiary/aromatic N) is 8. The number of piperazine rings is 1. The monoisotopic (exact) mass is 763 g/mol. The van der Waals surface area contributed by atoms with Crippen molar-refractivity contribution in [3.63, 3.8) is 0 Å². The van der Waals surface area contributed by atoms with Crippen molar-refractivity contribution in [2.45, 2.75) is 22.6 Å². The first-order chi connectivity index (χ1) is 19.9. The van der Waals surface area contributed by atoms with Gasteiger partial charge in [-0.05, 0) is 72.8 Å². The average molecular weight is 766 g/mol. The Balaban J connectivity index is 0.000000152. The quantitative estimate of drug-likeness (QED) is 0.228. The molecule has 11 nitrogen and oxygen atoms in total.